The molecule has 2 aliphatic heterocycles. The lowest BCUT2D eigenvalue weighted by Crippen LogP contribution is -2.56. The summed E-state index contributed by atoms with van der Waals surface area (Å²) >= 11 is 0. The van der Waals surface area contributed by atoms with Crippen molar-refractivity contribution in [3.8, 4) is 5.75 Å². The van der Waals surface area contributed by atoms with Gasteiger partial charge in [0.1, 0.15) is 5.75 Å². The number of aryl methyl sites for hydroxylation is 2. The SMILES string of the molecule is COc1ccccc1N1CCN(CC(=O)N2c3cc(C)c(C)cc3[C@H](C)CC2(C)C)CC1. The van der Waals surface area contributed by atoms with Gasteiger partial charge in [-0.15, -0.1) is 0 Å². The smallest absolute Gasteiger partial charge is 0.241 e. The van der Waals surface area contributed by atoms with Gasteiger partial charge in [0, 0.05) is 37.4 Å². The van der Waals surface area contributed by atoms with E-state index in [0.717, 1.165) is 49.7 Å². The summed E-state index contributed by atoms with van der Waals surface area (Å²) in [5, 5.41) is 0. The van der Waals surface area contributed by atoms with Gasteiger partial charge in [0.05, 0.1) is 19.3 Å². The van der Waals surface area contributed by atoms with E-state index in [1.54, 1.807) is 7.11 Å². The van der Waals surface area contributed by atoms with Crippen LogP contribution in [0.15, 0.2) is 36.4 Å². The molecule has 0 aliphatic carbocycles. The normalized spacial score (nSPS) is 20.8. The van der Waals surface area contributed by atoms with Crippen molar-refractivity contribution in [3.63, 3.8) is 0 Å². The molecule has 32 heavy (non-hydrogen) atoms. The molecule has 2 heterocycles. The summed E-state index contributed by atoms with van der Waals surface area (Å²) in [4.78, 5) is 20.4. The Kier molecular flexibility index (Phi) is 6.22. The molecule has 2 aromatic rings. The van der Waals surface area contributed by atoms with E-state index >= 15 is 0 Å². The number of benzene rings is 2. The van der Waals surface area contributed by atoms with Crippen LogP contribution in [0.4, 0.5) is 11.4 Å². The van der Waals surface area contributed by atoms with Crippen LogP contribution < -0.4 is 14.5 Å². The van der Waals surface area contributed by atoms with Crippen molar-refractivity contribution in [2.45, 2.75) is 52.5 Å². The molecule has 0 saturated carbocycles. The molecule has 1 saturated heterocycles. The molecule has 172 valence electrons. The van der Waals surface area contributed by atoms with E-state index in [1.807, 2.05) is 18.2 Å². The number of carbonyl (C=O) groups is 1. The Hall–Kier alpha value is -2.53. The van der Waals surface area contributed by atoms with Crippen LogP contribution in [0.2, 0.25) is 0 Å². The molecule has 1 amide bonds. The number of carbonyl (C=O) groups excluding carboxylic acids is 1. The van der Waals surface area contributed by atoms with Gasteiger partial charge in [-0.1, -0.05) is 25.1 Å². The molecule has 5 heteroatoms. The van der Waals surface area contributed by atoms with Crippen LogP contribution in [0.1, 0.15) is 49.8 Å². The standard InChI is InChI=1S/C27H37N3O2/c1-19-15-22-21(3)17-27(4,5)30(24(22)16-20(19)2)26(31)18-28-11-13-29(14-12-28)23-9-7-8-10-25(23)32-6/h7-10,15-16,21H,11-14,17-18H2,1-6H3/t21-/m1/s1. The zero-order chi connectivity index (χ0) is 23.0. The number of amides is 1. The van der Waals surface area contributed by atoms with Gasteiger partial charge in [-0.2, -0.15) is 0 Å². The van der Waals surface area contributed by atoms with Gasteiger partial charge in [0.2, 0.25) is 5.91 Å². The maximum absolute atomic E-state index is 13.7. The highest BCUT2D eigenvalue weighted by Gasteiger charge is 2.40. The van der Waals surface area contributed by atoms with Crippen molar-refractivity contribution in [1.29, 1.82) is 0 Å². The Balaban J connectivity index is 1.49. The summed E-state index contributed by atoms with van der Waals surface area (Å²) in [6.07, 6.45) is 0.982. The lowest BCUT2D eigenvalue weighted by Gasteiger charge is -2.47. The Morgan fingerprint density at radius 2 is 1.69 bits per heavy atom. The summed E-state index contributed by atoms with van der Waals surface area (Å²) < 4.78 is 5.54. The fraction of sp³-hybridized carbons (Fsp3) is 0.519. The van der Waals surface area contributed by atoms with Crippen LogP contribution in [0.3, 0.4) is 0 Å². The molecule has 0 bridgehead atoms. The summed E-state index contributed by atoms with van der Waals surface area (Å²) in [6, 6.07) is 12.7. The van der Waals surface area contributed by atoms with E-state index < -0.39 is 0 Å². The Labute approximate surface area is 193 Å². The molecule has 0 radical (unpaired) electrons. The number of methoxy groups -OCH3 is 1. The highest BCUT2D eigenvalue weighted by Crippen LogP contribution is 2.44. The van der Waals surface area contributed by atoms with E-state index in [-0.39, 0.29) is 11.4 Å². The molecule has 1 atom stereocenters. The molecule has 0 unspecified atom stereocenters. The third kappa shape index (κ3) is 4.23. The van der Waals surface area contributed by atoms with E-state index in [2.05, 4.69) is 67.5 Å². The summed E-state index contributed by atoms with van der Waals surface area (Å²) in [5.74, 6) is 1.56. The third-order valence-corrected chi connectivity index (χ3v) is 7.23. The average molecular weight is 436 g/mol. The maximum atomic E-state index is 13.7. The number of nitrogens with zero attached hydrogens (tertiary/aromatic N) is 3. The first-order valence-electron chi connectivity index (χ1n) is 11.8. The minimum absolute atomic E-state index is 0.190. The van der Waals surface area contributed by atoms with E-state index in [4.69, 9.17) is 4.74 Å². The molecule has 4 rings (SSSR count). The van der Waals surface area contributed by atoms with Gasteiger partial charge in [-0.3, -0.25) is 9.69 Å². The Bertz CT molecular complexity index is 992. The van der Waals surface area contributed by atoms with E-state index in [0.29, 0.717) is 12.5 Å². The van der Waals surface area contributed by atoms with Gasteiger partial charge in [-0.25, -0.2) is 0 Å². The number of fused-ring (bicyclic) bond motifs is 1. The van der Waals surface area contributed by atoms with Crippen LogP contribution in [-0.2, 0) is 4.79 Å². The van der Waals surface area contributed by atoms with Gasteiger partial charge < -0.3 is 14.5 Å². The lowest BCUT2D eigenvalue weighted by atomic mass is 9.79. The number of rotatable bonds is 4. The summed E-state index contributed by atoms with van der Waals surface area (Å²) in [7, 11) is 1.72. The second kappa shape index (κ2) is 8.78. The van der Waals surface area contributed by atoms with Crippen molar-refractivity contribution in [3.05, 3.63) is 53.1 Å². The maximum Gasteiger partial charge on any atom is 0.241 e. The zero-order valence-electron chi connectivity index (χ0n) is 20.4. The van der Waals surface area contributed by atoms with Gasteiger partial charge in [0.25, 0.3) is 0 Å². The topological polar surface area (TPSA) is 36.0 Å². The Morgan fingerprint density at radius 3 is 2.38 bits per heavy atom. The molecular weight excluding hydrogens is 398 g/mol. The van der Waals surface area contributed by atoms with Crippen molar-refractivity contribution >= 4 is 17.3 Å². The van der Waals surface area contributed by atoms with E-state index in [9.17, 15) is 4.79 Å². The van der Waals surface area contributed by atoms with Crippen molar-refractivity contribution in [2.24, 2.45) is 0 Å². The van der Waals surface area contributed by atoms with Crippen LogP contribution in [0.25, 0.3) is 0 Å². The van der Waals surface area contributed by atoms with Crippen LogP contribution in [-0.4, -0.2) is 56.2 Å². The zero-order valence-corrected chi connectivity index (χ0v) is 20.4. The highest BCUT2D eigenvalue weighted by molar-refractivity contribution is 5.97. The first kappa shape index (κ1) is 22.7. The quantitative estimate of drug-likeness (QED) is 0.694. The molecule has 0 N–H and O–H groups in total. The number of anilines is 2. The van der Waals surface area contributed by atoms with Crippen molar-refractivity contribution in [2.75, 3.05) is 49.6 Å². The molecule has 5 nitrogen and oxygen atoms in total. The highest BCUT2D eigenvalue weighted by atomic mass is 16.5. The first-order chi connectivity index (χ1) is 15.2. The van der Waals surface area contributed by atoms with Gasteiger partial charge in [-0.05, 0) is 74.9 Å². The van der Waals surface area contributed by atoms with Gasteiger partial charge >= 0.3 is 0 Å². The van der Waals surface area contributed by atoms with Gasteiger partial charge in [0.15, 0.2) is 0 Å². The molecule has 0 aromatic heterocycles. The number of hydrogen-bond acceptors (Lipinski definition) is 4. The second-order valence-corrected chi connectivity index (χ2v) is 10.1. The molecule has 1 fully saturated rings. The van der Waals surface area contributed by atoms with Crippen LogP contribution >= 0.6 is 0 Å². The largest absolute Gasteiger partial charge is 0.495 e. The third-order valence-electron chi connectivity index (χ3n) is 7.23. The first-order valence-corrected chi connectivity index (χ1v) is 11.8. The predicted molar refractivity (Wildman–Crippen MR) is 132 cm³/mol. The molecule has 0 spiro atoms. The van der Waals surface area contributed by atoms with Crippen LogP contribution in [0.5, 0.6) is 5.75 Å². The number of hydrogen-bond donors (Lipinski definition) is 0. The number of piperazine rings is 1. The minimum Gasteiger partial charge on any atom is -0.495 e. The van der Waals surface area contributed by atoms with Crippen molar-refractivity contribution < 1.29 is 9.53 Å². The fourth-order valence-corrected chi connectivity index (χ4v) is 5.46. The number of ether oxygens (including phenoxy) is 1. The lowest BCUT2D eigenvalue weighted by molar-refractivity contribution is -0.121. The van der Waals surface area contributed by atoms with Crippen LogP contribution in [0, 0.1) is 13.8 Å². The Morgan fingerprint density at radius 1 is 1.03 bits per heavy atom. The van der Waals surface area contributed by atoms with E-state index in [1.165, 1.54) is 16.7 Å². The average Bonchev–Trinajstić information content (AvgIpc) is 2.75. The number of para-hydroxylation sites is 2. The summed E-state index contributed by atoms with van der Waals surface area (Å²) in [6.45, 7) is 15.0. The molecular formula is C27H37N3O2. The van der Waals surface area contributed by atoms with Crippen molar-refractivity contribution in [1.82, 2.24) is 4.90 Å². The second-order valence-electron chi connectivity index (χ2n) is 10.1. The molecule has 2 aliphatic rings. The summed E-state index contributed by atoms with van der Waals surface area (Å²) in [5.41, 5.74) is 5.90. The minimum atomic E-state index is -0.190. The predicted octanol–water partition coefficient (Wildman–Crippen LogP) is 4.75. The fourth-order valence-electron chi connectivity index (χ4n) is 5.46. The monoisotopic (exact) mass is 435 g/mol. The molecule has 2 aromatic carbocycles.